The monoisotopic (exact) mass is 461 g/mol. The van der Waals surface area contributed by atoms with E-state index in [-0.39, 0.29) is 17.1 Å². The van der Waals surface area contributed by atoms with Crippen LogP contribution in [0.25, 0.3) is 0 Å². The molecule has 2 aromatic rings. The molecule has 1 amide bonds. The molecule has 2 rings (SSSR count). The number of hydrogen-bond acceptors (Lipinski definition) is 8. The van der Waals surface area contributed by atoms with Crippen LogP contribution >= 0.6 is 11.8 Å². The van der Waals surface area contributed by atoms with Crippen molar-refractivity contribution in [3.8, 4) is 11.5 Å². The lowest BCUT2D eigenvalue weighted by molar-refractivity contribution is -0.118. The third-order valence-electron chi connectivity index (χ3n) is 4.64. The van der Waals surface area contributed by atoms with Gasteiger partial charge in [-0.25, -0.2) is 14.8 Å². The Kier molecular flexibility index (Phi) is 8.89. The van der Waals surface area contributed by atoms with Crippen LogP contribution in [0.4, 0.5) is 0 Å². The van der Waals surface area contributed by atoms with Crippen LogP contribution in [-0.2, 0) is 21.4 Å². The molecule has 174 valence electrons. The SMILES string of the molecule is COC(=O)c1c(C)nc(C(C)(C)C)nc1SCC(=O)NCCc1ccc(OC)c(OC)c1. The normalized spacial score (nSPS) is 11.1. The number of ether oxygens (including phenoxy) is 3. The Balaban J connectivity index is 2.03. The van der Waals surface area contributed by atoms with Crippen molar-refractivity contribution in [3.63, 3.8) is 0 Å². The summed E-state index contributed by atoms with van der Waals surface area (Å²) in [4.78, 5) is 33.7. The molecular weight excluding hydrogens is 430 g/mol. The van der Waals surface area contributed by atoms with Gasteiger partial charge in [-0.05, 0) is 31.0 Å². The van der Waals surface area contributed by atoms with Crippen LogP contribution in [0.5, 0.6) is 11.5 Å². The first-order valence-electron chi connectivity index (χ1n) is 10.2. The van der Waals surface area contributed by atoms with E-state index >= 15 is 0 Å². The molecule has 0 fully saturated rings. The van der Waals surface area contributed by atoms with Crippen molar-refractivity contribution in [1.82, 2.24) is 15.3 Å². The molecule has 0 bridgehead atoms. The first kappa shape index (κ1) is 25.5. The fraction of sp³-hybridized carbons (Fsp3) is 0.478. The number of hydrogen-bond donors (Lipinski definition) is 1. The van der Waals surface area contributed by atoms with Crippen molar-refractivity contribution in [2.45, 2.75) is 44.6 Å². The van der Waals surface area contributed by atoms with Gasteiger partial charge >= 0.3 is 5.97 Å². The first-order valence-corrected chi connectivity index (χ1v) is 11.2. The molecule has 0 spiro atoms. The van der Waals surface area contributed by atoms with E-state index < -0.39 is 5.97 Å². The minimum atomic E-state index is -0.515. The van der Waals surface area contributed by atoms with Gasteiger partial charge in [0, 0.05) is 12.0 Å². The number of amides is 1. The fourth-order valence-corrected chi connectivity index (χ4v) is 3.79. The van der Waals surface area contributed by atoms with Crippen LogP contribution in [0, 0.1) is 6.92 Å². The zero-order chi connectivity index (χ0) is 23.9. The maximum Gasteiger partial charge on any atom is 0.342 e. The van der Waals surface area contributed by atoms with Crippen molar-refractivity contribution in [3.05, 3.63) is 40.8 Å². The highest BCUT2D eigenvalue weighted by Crippen LogP contribution is 2.28. The third-order valence-corrected chi connectivity index (χ3v) is 5.62. The van der Waals surface area contributed by atoms with Gasteiger partial charge in [0.25, 0.3) is 0 Å². The summed E-state index contributed by atoms with van der Waals surface area (Å²) in [6.45, 7) is 8.20. The number of nitrogens with zero attached hydrogens (tertiary/aromatic N) is 2. The molecule has 0 saturated carbocycles. The van der Waals surface area contributed by atoms with Crippen LogP contribution in [0.1, 0.15) is 48.2 Å². The van der Waals surface area contributed by atoms with Crippen LogP contribution in [-0.4, -0.2) is 55.5 Å². The lowest BCUT2D eigenvalue weighted by Gasteiger charge is -2.19. The third kappa shape index (κ3) is 6.59. The van der Waals surface area contributed by atoms with Gasteiger partial charge < -0.3 is 19.5 Å². The largest absolute Gasteiger partial charge is 0.493 e. The highest BCUT2D eigenvalue weighted by Gasteiger charge is 2.25. The lowest BCUT2D eigenvalue weighted by atomic mass is 9.95. The molecule has 0 atom stereocenters. The molecule has 0 saturated heterocycles. The van der Waals surface area contributed by atoms with Crippen LogP contribution < -0.4 is 14.8 Å². The summed E-state index contributed by atoms with van der Waals surface area (Å²) >= 11 is 1.20. The average Bonchev–Trinajstić information content (AvgIpc) is 2.76. The van der Waals surface area contributed by atoms with E-state index in [1.165, 1.54) is 18.9 Å². The molecule has 0 aliphatic rings. The second-order valence-electron chi connectivity index (χ2n) is 8.13. The van der Waals surface area contributed by atoms with E-state index in [2.05, 4.69) is 15.3 Å². The van der Waals surface area contributed by atoms with E-state index in [0.29, 0.717) is 46.6 Å². The highest BCUT2D eigenvalue weighted by atomic mass is 32.2. The van der Waals surface area contributed by atoms with Crippen LogP contribution in [0.15, 0.2) is 23.2 Å². The Hall–Kier alpha value is -2.81. The summed E-state index contributed by atoms with van der Waals surface area (Å²) < 4.78 is 15.4. The zero-order valence-electron chi connectivity index (χ0n) is 19.7. The smallest absolute Gasteiger partial charge is 0.342 e. The maximum absolute atomic E-state index is 12.4. The van der Waals surface area contributed by atoms with Gasteiger partial charge in [-0.3, -0.25) is 4.79 Å². The van der Waals surface area contributed by atoms with Crippen LogP contribution in [0.2, 0.25) is 0 Å². The number of rotatable bonds is 9. The highest BCUT2D eigenvalue weighted by molar-refractivity contribution is 8.00. The topological polar surface area (TPSA) is 99.6 Å². The lowest BCUT2D eigenvalue weighted by Crippen LogP contribution is -2.27. The Morgan fingerprint density at radius 2 is 1.75 bits per heavy atom. The van der Waals surface area contributed by atoms with Gasteiger partial charge in [-0.1, -0.05) is 38.6 Å². The molecule has 0 aliphatic heterocycles. The number of aromatic nitrogens is 2. The molecule has 9 heteroatoms. The zero-order valence-corrected chi connectivity index (χ0v) is 20.5. The Labute approximate surface area is 193 Å². The van der Waals surface area contributed by atoms with Crippen molar-refractivity contribution < 1.29 is 23.8 Å². The molecule has 1 aromatic carbocycles. The average molecular weight is 462 g/mol. The quantitative estimate of drug-likeness (QED) is 0.345. The van der Waals surface area contributed by atoms with E-state index in [0.717, 1.165) is 5.56 Å². The minimum absolute atomic E-state index is 0.121. The maximum atomic E-state index is 12.4. The number of carbonyl (C=O) groups is 2. The molecule has 8 nitrogen and oxygen atoms in total. The van der Waals surface area contributed by atoms with Gasteiger partial charge in [-0.15, -0.1) is 0 Å². The number of methoxy groups -OCH3 is 3. The Morgan fingerprint density at radius 3 is 2.34 bits per heavy atom. The summed E-state index contributed by atoms with van der Waals surface area (Å²) in [5.41, 5.74) is 1.55. The van der Waals surface area contributed by atoms with E-state index in [1.807, 2.05) is 39.0 Å². The summed E-state index contributed by atoms with van der Waals surface area (Å²) in [6.07, 6.45) is 0.644. The number of esters is 1. The van der Waals surface area contributed by atoms with Crippen molar-refractivity contribution in [2.24, 2.45) is 0 Å². The number of thioether (sulfide) groups is 1. The predicted octanol–water partition coefficient (Wildman–Crippen LogP) is 3.34. The van der Waals surface area contributed by atoms with Crippen LogP contribution in [0.3, 0.4) is 0 Å². The van der Waals surface area contributed by atoms with Gasteiger partial charge in [-0.2, -0.15) is 0 Å². The summed E-state index contributed by atoms with van der Waals surface area (Å²) in [5, 5.41) is 3.35. The number of carbonyl (C=O) groups excluding carboxylic acids is 2. The molecule has 0 unspecified atom stereocenters. The van der Waals surface area contributed by atoms with E-state index in [9.17, 15) is 9.59 Å². The molecule has 1 heterocycles. The van der Waals surface area contributed by atoms with Gasteiger partial charge in [0.05, 0.1) is 32.8 Å². The van der Waals surface area contributed by atoms with Gasteiger partial charge in [0.1, 0.15) is 16.4 Å². The molecule has 0 radical (unpaired) electrons. The second-order valence-corrected chi connectivity index (χ2v) is 9.10. The summed E-state index contributed by atoms with van der Waals surface area (Å²) in [7, 11) is 4.49. The van der Waals surface area contributed by atoms with Crippen molar-refractivity contribution >= 4 is 23.6 Å². The molecule has 0 aliphatic carbocycles. The summed E-state index contributed by atoms with van der Waals surface area (Å²) in [5.74, 6) is 1.37. The number of benzene rings is 1. The van der Waals surface area contributed by atoms with Crippen molar-refractivity contribution in [1.29, 1.82) is 0 Å². The molecule has 1 aromatic heterocycles. The number of nitrogens with one attached hydrogen (secondary N) is 1. The van der Waals surface area contributed by atoms with E-state index in [1.54, 1.807) is 21.1 Å². The van der Waals surface area contributed by atoms with E-state index in [4.69, 9.17) is 14.2 Å². The van der Waals surface area contributed by atoms with Crippen molar-refractivity contribution in [2.75, 3.05) is 33.6 Å². The molecule has 32 heavy (non-hydrogen) atoms. The minimum Gasteiger partial charge on any atom is -0.493 e. The Morgan fingerprint density at radius 1 is 1.06 bits per heavy atom. The van der Waals surface area contributed by atoms with Gasteiger partial charge in [0.15, 0.2) is 11.5 Å². The first-order chi connectivity index (χ1) is 15.1. The Bertz CT molecular complexity index is 973. The standard InChI is InChI=1S/C23H31N3O5S/c1-14-19(21(28)31-7)20(26-22(25-14)23(2,3)4)32-13-18(27)24-11-10-15-8-9-16(29-5)17(12-15)30-6/h8-9,12H,10-11,13H2,1-7H3,(H,24,27). The summed E-state index contributed by atoms with van der Waals surface area (Å²) in [6, 6.07) is 5.66. The molecule has 1 N–H and O–H groups in total. The van der Waals surface area contributed by atoms with Gasteiger partial charge in [0.2, 0.25) is 5.91 Å². The number of aryl methyl sites for hydroxylation is 1. The fourth-order valence-electron chi connectivity index (χ4n) is 2.89. The second kappa shape index (κ2) is 11.2. The molecular formula is C23H31N3O5S. The predicted molar refractivity (Wildman–Crippen MR) is 124 cm³/mol.